The molecule has 1 aromatic rings. The van der Waals surface area contributed by atoms with Crippen LogP contribution in [-0.4, -0.2) is 35.5 Å². The lowest BCUT2D eigenvalue weighted by molar-refractivity contribution is 0.0949. The number of anilines is 1. The van der Waals surface area contributed by atoms with E-state index in [2.05, 4.69) is 21.9 Å². The zero-order valence-corrected chi connectivity index (χ0v) is 12.3. The van der Waals surface area contributed by atoms with Gasteiger partial charge in [0.05, 0.1) is 5.56 Å². The van der Waals surface area contributed by atoms with E-state index in [4.69, 9.17) is 0 Å². The quantitative estimate of drug-likeness (QED) is 0.869. The number of rotatable bonds is 5. The van der Waals surface area contributed by atoms with Crippen molar-refractivity contribution >= 4 is 23.5 Å². The summed E-state index contributed by atoms with van der Waals surface area (Å²) < 4.78 is 0.244. The molecule has 1 saturated carbocycles. The van der Waals surface area contributed by atoms with Crippen molar-refractivity contribution in [1.82, 2.24) is 10.3 Å². The number of carbonyl (C=O) groups is 1. The first-order valence-electron chi connectivity index (χ1n) is 6.66. The van der Waals surface area contributed by atoms with Crippen LogP contribution in [0.5, 0.6) is 0 Å². The first-order valence-corrected chi connectivity index (χ1v) is 7.89. The molecule has 1 aromatic heterocycles. The lowest BCUT2D eigenvalue weighted by atomic mass is 10.1. The van der Waals surface area contributed by atoms with Crippen molar-refractivity contribution in [3.8, 4) is 0 Å². The summed E-state index contributed by atoms with van der Waals surface area (Å²) in [7, 11) is 1.81. The van der Waals surface area contributed by atoms with Crippen LogP contribution in [0, 0.1) is 0 Å². The fraction of sp³-hybridized carbons (Fsp3) is 0.571. The van der Waals surface area contributed by atoms with Gasteiger partial charge in [-0.2, -0.15) is 11.8 Å². The monoisotopic (exact) mass is 279 g/mol. The van der Waals surface area contributed by atoms with E-state index in [-0.39, 0.29) is 10.7 Å². The third-order valence-corrected chi connectivity index (χ3v) is 5.22. The molecular formula is C14H21N3OS. The molecule has 19 heavy (non-hydrogen) atoms. The molecule has 0 radical (unpaired) electrons. The summed E-state index contributed by atoms with van der Waals surface area (Å²) in [6.45, 7) is 0.751. The molecule has 0 saturated heterocycles. The van der Waals surface area contributed by atoms with Crippen LogP contribution in [0.2, 0.25) is 0 Å². The SMILES string of the molecule is CNc1ccc(C(=O)NCC2(SC)CCCC2)cn1. The van der Waals surface area contributed by atoms with E-state index in [0.29, 0.717) is 5.56 Å². The summed E-state index contributed by atoms with van der Waals surface area (Å²) in [6, 6.07) is 3.61. The third-order valence-electron chi connectivity index (χ3n) is 3.80. The average Bonchev–Trinajstić information content (AvgIpc) is 2.94. The molecule has 1 aliphatic rings. The summed E-state index contributed by atoms with van der Waals surface area (Å²) in [4.78, 5) is 16.2. The highest BCUT2D eigenvalue weighted by atomic mass is 32.2. The number of nitrogens with one attached hydrogen (secondary N) is 2. The predicted molar refractivity (Wildman–Crippen MR) is 80.8 cm³/mol. The molecule has 0 aliphatic heterocycles. The van der Waals surface area contributed by atoms with Crippen LogP contribution in [0.3, 0.4) is 0 Å². The van der Waals surface area contributed by atoms with Crippen LogP contribution in [-0.2, 0) is 0 Å². The highest BCUT2D eigenvalue weighted by molar-refractivity contribution is 8.00. The highest BCUT2D eigenvalue weighted by Gasteiger charge is 2.33. The van der Waals surface area contributed by atoms with Crippen LogP contribution >= 0.6 is 11.8 Å². The third kappa shape index (κ3) is 3.41. The topological polar surface area (TPSA) is 54.0 Å². The Morgan fingerprint density at radius 2 is 2.16 bits per heavy atom. The summed E-state index contributed by atoms with van der Waals surface area (Å²) >= 11 is 1.88. The highest BCUT2D eigenvalue weighted by Crippen LogP contribution is 2.39. The molecule has 2 rings (SSSR count). The summed E-state index contributed by atoms with van der Waals surface area (Å²) in [5.41, 5.74) is 0.619. The maximum atomic E-state index is 12.1. The van der Waals surface area contributed by atoms with Crippen LogP contribution in [0.15, 0.2) is 18.3 Å². The van der Waals surface area contributed by atoms with Gasteiger partial charge in [-0.05, 0) is 31.2 Å². The first-order chi connectivity index (χ1) is 9.19. The molecule has 104 valence electrons. The predicted octanol–water partition coefficient (Wildman–Crippen LogP) is 2.53. The minimum Gasteiger partial charge on any atom is -0.373 e. The Morgan fingerprint density at radius 3 is 2.68 bits per heavy atom. The second-order valence-electron chi connectivity index (χ2n) is 4.96. The number of pyridine rings is 1. The van der Waals surface area contributed by atoms with Gasteiger partial charge in [0, 0.05) is 24.5 Å². The molecule has 0 atom stereocenters. The summed E-state index contributed by atoms with van der Waals surface area (Å²) in [5.74, 6) is 0.739. The van der Waals surface area contributed by atoms with Gasteiger partial charge in [-0.3, -0.25) is 4.79 Å². The number of hydrogen-bond donors (Lipinski definition) is 2. The number of carbonyl (C=O) groups excluding carboxylic acids is 1. The van der Waals surface area contributed by atoms with Gasteiger partial charge in [-0.25, -0.2) is 4.98 Å². The van der Waals surface area contributed by atoms with Gasteiger partial charge >= 0.3 is 0 Å². The number of nitrogens with zero attached hydrogens (tertiary/aromatic N) is 1. The fourth-order valence-corrected chi connectivity index (χ4v) is 3.41. The number of hydrogen-bond acceptors (Lipinski definition) is 4. The fourth-order valence-electron chi connectivity index (χ4n) is 2.49. The van der Waals surface area contributed by atoms with Crippen molar-refractivity contribution in [3.05, 3.63) is 23.9 Å². The average molecular weight is 279 g/mol. The van der Waals surface area contributed by atoms with E-state index < -0.39 is 0 Å². The van der Waals surface area contributed by atoms with Crippen molar-refractivity contribution in [1.29, 1.82) is 0 Å². The smallest absolute Gasteiger partial charge is 0.252 e. The molecule has 0 spiro atoms. The molecule has 1 fully saturated rings. The van der Waals surface area contributed by atoms with E-state index in [9.17, 15) is 4.79 Å². The Hall–Kier alpha value is -1.23. The van der Waals surface area contributed by atoms with Crippen molar-refractivity contribution < 1.29 is 4.79 Å². The number of amides is 1. The van der Waals surface area contributed by atoms with Gasteiger partial charge in [-0.1, -0.05) is 12.8 Å². The minimum absolute atomic E-state index is 0.0320. The zero-order chi connectivity index (χ0) is 13.7. The van der Waals surface area contributed by atoms with Gasteiger partial charge in [-0.15, -0.1) is 0 Å². The Bertz CT molecular complexity index is 427. The Morgan fingerprint density at radius 1 is 1.42 bits per heavy atom. The van der Waals surface area contributed by atoms with Gasteiger partial charge < -0.3 is 10.6 Å². The van der Waals surface area contributed by atoms with Crippen molar-refractivity contribution in [2.24, 2.45) is 0 Å². The Balaban J connectivity index is 1.93. The maximum Gasteiger partial charge on any atom is 0.252 e. The number of aromatic nitrogens is 1. The van der Waals surface area contributed by atoms with Gasteiger partial charge in [0.15, 0.2) is 0 Å². The molecule has 1 heterocycles. The molecule has 2 N–H and O–H groups in total. The normalized spacial score (nSPS) is 17.2. The lowest BCUT2D eigenvalue weighted by Crippen LogP contribution is -2.38. The van der Waals surface area contributed by atoms with Crippen molar-refractivity contribution in [3.63, 3.8) is 0 Å². The Labute approximate surface area is 118 Å². The van der Waals surface area contributed by atoms with E-state index >= 15 is 0 Å². The van der Waals surface area contributed by atoms with Gasteiger partial charge in [0.25, 0.3) is 5.91 Å². The second kappa shape index (κ2) is 6.28. The molecule has 0 aromatic carbocycles. The van der Waals surface area contributed by atoms with Crippen LogP contribution in [0.4, 0.5) is 5.82 Å². The second-order valence-corrected chi connectivity index (χ2v) is 6.23. The molecule has 0 bridgehead atoms. The van der Waals surface area contributed by atoms with E-state index in [1.54, 1.807) is 12.3 Å². The molecule has 4 nitrogen and oxygen atoms in total. The zero-order valence-electron chi connectivity index (χ0n) is 11.5. The number of thioether (sulfide) groups is 1. The van der Waals surface area contributed by atoms with Crippen LogP contribution in [0.25, 0.3) is 0 Å². The maximum absolute atomic E-state index is 12.1. The summed E-state index contributed by atoms with van der Waals surface area (Å²) in [5, 5.41) is 5.99. The Kier molecular flexibility index (Phi) is 4.69. The van der Waals surface area contributed by atoms with Crippen molar-refractivity contribution in [2.45, 2.75) is 30.4 Å². The van der Waals surface area contributed by atoms with Crippen LogP contribution < -0.4 is 10.6 Å². The molecule has 1 aliphatic carbocycles. The van der Waals surface area contributed by atoms with E-state index in [1.807, 2.05) is 24.9 Å². The molecular weight excluding hydrogens is 258 g/mol. The standard InChI is InChI=1S/C14H21N3OS/c1-15-12-6-5-11(9-16-12)13(18)17-10-14(19-2)7-3-4-8-14/h5-6,9H,3-4,7-8,10H2,1-2H3,(H,15,16)(H,17,18). The molecule has 5 heteroatoms. The van der Waals surface area contributed by atoms with Crippen LogP contribution in [0.1, 0.15) is 36.0 Å². The van der Waals surface area contributed by atoms with Crippen molar-refractivity contribution in [2.75, 3.05) is 25.2 Å². The lowest BCUT2D eigenvalue weighted by Gasteiger charge is -2.26. The van der Waals surface area contributed by atoms with E-state index in [1.165, 1.54) is 25.7 Å². The minimum atomic E-state index is -0.0320. The van der Waals surface area contributed by atoms with Gasteiger partial charge in [0.1, 0.15) is 5.82 Å². The molecule has 0 unspecified atom stereocenters. The first kappa shape index (κ1) is 14.2. The summed E-state index contributed by atoms with van der Waals surface area (Å²) in [6.07, 6.45) is 8.70. The van der Waals surface area contributed by atoms with Gasteiger partial charge in [0.2, 0.25) is 0 Å². The largest absolute Gasteiger partial charge is 0.373 e. The van der Waals surface area contributed by atoms with E-state index in [0.717, 1.165) is 12.4 Å². The molecule has 1 amide bonds.